The van der Waals surface area contributed by atoms with Crippen molar-refractivity contribution in [3.8, 4) is 0 Å². The highest BCUT2D eigenvalue weighted by Gasteiger charge is 2.23. The molecule has 28 heavy (non-hydrogen) atoms. The highest BCUT2D eigenvalue weighted by atomic mass is 16.1. The Morgan fingerprint density at radius 1 is 1.14 bits per heavy atom. The number of fused-ring (bicyclic) bond motifs is 1. The van der Waals surface area contributed by atoms with Gasteiger partial charge >= 0.3 is 0 Å². The van der Waals surface area contributed by atoms with E-state index in [1.165, 1.54) is 16.7 Å². The number of amides is 1. The third-order valence-corrected chi connectivity index (χ3v) is 5.53. The summed E-state index contributed by atoms with van der Waals surface area (Å²) in [6.07, 6.45) is 2.81. The minimum absolute atomic E-state index is 0.00789. The standard InChI is InChI=1S/C23H26N4O/c1-16-5-3-6-18(13-16)11-12-24-23(28)20-8-4-7-19(14-20)21-9-10-22-26-25-17(2)27(22)15-21/h3-8,13-14,21H,9-12,15H2,1-2H3,(H,24,28). The molecule has 0 saturated heterocycles. The summed E-state index contributed by atoms with van der Waals surface area (Å²) in [7, 11) is 0. The van der Waals surface area contributed by atoms with E-state index in [1.54, 1.807) is 0 Å². The summed E-state index contributed by atoms with van der Waals surface area (Å²) < 4.78 is 2.20. The maximum Gasteiger partial charge on any atom is 0.251 e. The number of hydrogen-bond donors (Lipinski definition) is 1. The van der Waals surface area contributed by atoms with Crippen LogP contribution in [0.2, 0.25) is 0 Å². The summed E-state index contributed by atoms with van der Waals surface area (Å²) in [4.78, 5) is 12.6. The minimum atomic E-state index is -0.00789. The summed E-state index contributed by atoms with van der Waals surface area (Å²) in [5, 5.41) is 11.5. The van der Waals surface area contributed by atoms with Crippen molar-refractivity contribution in [2.75, 3.05) is 6.54 Å². The summed E-state index contributed by atoms with van der Waals surface area (Å²) >= 11 is 0. The summed E-state index contributed by atoms with van der Waals surface area (Å²) in [5.74, 6) is 2.41. The van der Waals surface area contributed by atoms with Gasteiger partial charge in [-0.1, -0.05) is 42.0 Å². The Kier molecular flexibility index (Phi) is 5.24. The molecule has 144 valence electrons. The zero-order chi connectivity index (χ0) is 19.5. The molecule has 4 rings (SSSR count). The van der Waals surface area contributed by atoms with E-state index >= 15 is 0 Å². The van der Waals surface area contributed by atoms with E-state index in [9.17, 15) is 4.79 Å². The third-order valence-electron chi connectivity index (χ3n) is 5.53. The first-order chi connectivity index (χ1) is 13.6. The Balaban J connectivity index is 1.39. The first-order valence-corrected chi connectivity index (χ1v) is 9.92. The molecule has 5 heteroatoms. The van der Waals surface area contributed by atoms with Gasteiger partial charge in [-0.3, -0.25) is 4.79 Å². The van der Waals surface area contributed by atoms with Crippen molar-refractivity contribution in [3.63, 3.8) is 0 Å². The van der Waals surface area contributed by atoms with Gasteiger partial charge in [-0.2, -0.15) is 0 Å². The first-order valence-electron chi connectivity index (χ1n) is 9.92. The number of hydrogen-bond acceptors (Lipinski definition) is 3. The monoisotopic (exact) mass is 374 g/mol. The van der Waals surface area contributed by atoms with Gasteiger partial charge in [0.25, 0.3) is 5.91 Å². The van der Waals surface area contributed by atoms with E-state index in [0.717, 1.165) is 43.0 Å². The Hall–Kier alpha value is -2.95. The van der Waals surface area contributed by atoms with Crippen molar-refractivity contribution in [2.45, 2.75) is 45.6 Å². The van der Waals surface area contributed by atoms with Gasteiger partial charge in [-0.25, -0.2) is 0 Å². The van der Waals surface area contributed by atoms with E-state index in [-0.39, 0.29) is 5.91 Å². The first kappa shape index (κ1) is 18.4. The average Bonchev–Trinajstić information content (AvgIpc) is 3.08. The second-order valence-electron chi connectivity index (χ2n) is 7.63. The van der Waals surface area contributed by atoms with Gasteiger partial charge in [0.1, 0.15) is 11.6 Å². The maximum absolute atomic E-state index is 12.6. The van der Waals surface area contributed by atoms with Crippen LogP contribution in [0.1, 0.15) is 51.0 Å². The number of benzene rings is 2. The molecule has 2 heterocycles. The molecule has 1 atom stereocenters. The van der Waals surface area contributed by atoms with Crippen LogP contribution in [0.4, 0.5) is 0 Å². The smallest absolute Gasteiger partial charge is 0.251 e. The van der Waals surface area contributed by atoms with E-state index in [1.807, 2.05) is 25.1 Å². The largest absolute Gasteiger partial charge is 0.352 e. The third kappa shape index (κ3) is 3.98. The second-order valence-corrected chi connectivity index (χ2v) is 7.63. The number of aryl methyl sites for hydroxylation is 3. The van der Waals surface area contributed by atoms with Crippen molar-refractivity contribution in [1.82, 2.24) is 20.1 Å². The number of nitrogens with one attached hydrogen (secondary N) is 1. The van der Waals surface area contributed by atoms with E-state index in [0.29, 0.717) is 12.5 Å². The fourth-order valence-corrected chi connectivity index (χ4v) is 3.96. The molecule has 1 aromatic heterocycles. The van der Waals surface area contributed by atoms with Crippen LogP contribution in [0, 0.1) is 13.8 Å². The van der Waals surface area contributed by atoms with E-state index in [4.69, 9.17) is 0 Å². The topological polar surface area (TPSA) is 59.8 Å². The lowest BCUT2D eigenvalue weighted by Crippen LogP contribution is -2.26. The lowest BCUT2D eigenvalue weighted by Gasteiger charge is -2.24. The highest BCUT2D eigenvalue weighted by Crippen LogP contribution is 2.29. The van der Waals surface area contributed by atoms with Crippen LogP contribution >= 0.6 is 0 Å². The molecule has 0 spiro atoms. The number of rotatable bonds is 5. The molecule has 0 radical (unpaired) electrons. The molecule has 0 bridgehead atoms. The molecule has 0 aliphatic carbocycles. The van der Waals surface area contributed by atoms with Gasteiger partial charge in [0.15, 0.2) is 0 Å². The van der Waals surface area contributed by atoms with Crippen LogP contribution in [0.3, 0.4) is 0 Å². The van der Waals surface area contributed by atoms with Crippen LogP contribution in [0.15, 0.2) is 48.5 Å². The summed E-state index contributed by atoms with van der Waals surface area (Å²) in [6, 6.07) is 16.5. The second kappa shape index (κ2) is 7.97. The van der Waals surface area contributed by atoms with Crippen molar-refractivity contribution >= 4 is 5.91 Å². The molecule has 0 fully saturated rings. The molecule has 1 amide bonds. The lowest BCUT2D eigenvalue weighted by molar-refractivity contribution is 0.0954. The molecule has 1 unspecified atom stereocenters. The van der Waals surface area contributed by atoms with Gasteiger partial charge in [0.2, 0.25) is 0 Å². The van der Waals surface area contributed by atoms with Gasteiger partial charge < -0.3 is 9.88 Å². The number of carbonyl (C=O) groups is 1. The van der Waals surface area contributed by atoms with Crippen LogP contribution < -0.4 is 5.32 Å². The number of nitrogens with zero attached hydrogens (tertiary/aromatic N) is 3. The van der Waals surface area contributed by atoms with Crippen molar-refractivity contribution < 1.29 is 4.79 Å². The van der Waals surface area contributed by atoms with Crippen LogP contribution in [-0.2, 0) is 19.4 Å². The van der Waals surface area contributed by atoms with Crippen LogP contribution in [0.5, 0.6) is 0 Å². The Morgan fingerprint density at radius 2 is 2.00 bits per heavy atom. The Labute approximate surface area is 165 Å². The zero-order valence-electron chi connectivity index (χ0n) is 16.5. The molecule has 1 aliphatic rings. The SMILES string of the molecule is Cc1cccc(CCNC(=O)c2cccc(C3CCc4nnc(C)n4C3)c2)c1. The van der Waals surface area contributed by atoms with Gasteiger partial charge in [0.05, 0.1) is 0 Å². The highest BCUT2D eigenvalue weighted by molar-refractivity contribution is 5.94. The molecular weight excluding hydrogens is 348 g/mol. The predicted octanol–water partition coefficient (Wildman–Crippen LogP) is 3.60. The fourth-order valence-electron chi connectivity index (χ4n) is 3.96. The van der Waals surface area contributed by atoms with E-state index < -0.39 is 0 Å². The molecule has 5 nitrogen and oxygen atoms in total. The van der Waals surface area contributed by atoms with Gasteiger partial charge in [-0.05, 0) is 49.9 Å². The molecule has 0 saturated carbocycles. The predicted molar refractivity (Wildman–Crippen MR) is 109 cm³/mol. The number of carbonyl (C=O) groups excluding carboxylic acids is 1. The van der Waals surface area contributed by atoms with Crippen LogP contribution in [-0.4, -0.2) is 27.2 Å². The zero-order valence-corrected chi connectivity index (χ0v) is 16.5. The van der Waals surface area contributed by atoms with Crippen molar-refractivity contribution in [2.24, 2.45) is 0 Å². The van der Waals surface area contributed by atoms with Crippen molar-refractivity contribution in [1.29, 1.82) is 0 Å². The van der Waals surface area contributed by atoms with Gasteiger partial charge in [0, 0.05) is 31.0 Å². The van der Waals surface area contributed by atoms with Gasteiger partial charge in [-0.15, -0.1) is 10.2 Å². The fraction of sp³-hybridized carbons (Fsp3) is 0.348. The minimum Gasteiger partial charge on any atom is -0.352 e. The normalized spacial score (nSPS) is 15.9. The molecule has 1 N–H and O–H groups in total. The van der Waals surface area contributed by atoms with E-state index in [2.05, 4.69) is 57.3 Å². The van der Waals surface area contributed by atoms with Crippen molar-refractivity contribution in [3.05, 3.63) is 82.4 Å². The Morgan fingerprint density at radius 3 is 2.86 bits per heavy atom. The molecule has 2 aromatic carbocycles. The lowest BCUT2D eigenvalue weighted by atomic mass is 9.90. The number of aromatic nitrogens is 3. The maximum atomic E-state index is 12.6. The quantitative estimate of drug-likeness (QED) is 0.742. The summed E-state index contributed by atoms with van der Waals surface area (Å²) in [6.45, 7) is 5.60. The Bertz CT molecular complexity index is 992. The molecule has 3 aromatic rings. The average molecular weight is 374 g/mol. The van der Waals surface area contributed by atoms with Crippen LogP contribution in [0.25, 0.3) is 0 Å². The summed E-state index contributed by atoms with van der Waals surface area (Å²) in [5.41, 5.74) is 4.44. The molecule has 1 aliphatic heterocycles. The molecular formula is C23H26N4O.